The van der Waals surface area contributed by atoms with E-state index in [0.717, 1.165) is 0 Å². The molecule has 2 N–H and O–H groups in total. The maximum Gasteiger partial charge on any atom is 0.254 e. The van der Waals surface area contributed by atoms with Crippen LogP contribution in [0.15, 0.2) is 47.4 Å². The molecule has 0 aliphatic carbocycles. The molecule has 1 amide bonds. The van der Waals surface area contributed by atoms with Gasteiger partial charge in [-0.1, -0.05) is 6.07 Å². The first-order chi connectivity index (χ1) is 18.2. The second kappa shape index (κ2) is 13.8. The number of carbonyl (C=O) groups excluding carboxylic acids is 1. The first kappa shape index (κ1) is 29.7. The predicted octanol–water partition coefficient (Wildman–Crippen LogP) is 2.54. The van der Waals surface area contributed by atoms with Crippen LogP contribution in [0.5, 0.6) is 17.2 Å². The maximum atomic E-state index is 13.6. The molecule has 0 unspecified atom stereocenters. The molecule has 1 saturated heterocycles. The van der Waals surface area contributed by atoms with E-state index in [1.165, 1.54) is 19.2 Å². The summed E-state index contributed by atoms with van der Waals surface area (Å²) in [4.78, 5) is 15.5. The standard InChI is InChI=1S/C27H39N3O7S/c1-19(2)30(27(31)20-10-11-25(36-5)26(14-20)37-13-7-12-34-3)18-21-16-28-17-24(21)29-38(32,33)23-9-6-8-22(15-23)35-4/h6,8-11,14-15,19,21,24,28-29H,7,12-13,16-18H2,1-5H3/t21-,24+/m1/s1. The fourth-order valence-corrected chi connectivity index (χ4v) is 5.69. The molecule has 1 aliphatic rings. The number of carbonyl (C=O) groups is 1. The molecule has 10 nitrogen and oxygen atoms in total. The van der Waals surface area contributed by atoms with E-state index < -0.39 is 10.0 Å². The number of sulfonamides is 1. The molecule has 0 aromatic heterocycles. The van der Waals surface area contributed by atoms with Crippen LogP contribution in [0, 0.1) is 5.92 Å². The van der Waals surface area contributed by atoms with Gasteiger partial charge in [-0.3, -0.25) is 4.79 Å². The zero-order valence-electron chi connectivity index (χ0n) is 22.7. The Labute approximate surface area is 225 Å². The van der Waals surface area contributed by atoms with Gasteiger partial charge < -0.3 is 29.2 Å². The summed E-state index contributed by atoms with van der Waals surface area (Å²) in [5, 5.41) is 3.26. The van der Waals surface area contributed by atoms with Crippen LogP contribution >= 0.6 is 0 Å². The van der Waals surface area contributed by atoms with E-state index >= 15 is 0 Å². The molecule has 210 valence electrons. The first-order valence-corrected chi connectivity index (χ1v) is 14.2. The molecule has 38 heavy (non-hydrogen) atoms. The average Bonchev–Trinajstić information content (AvgIpc) is 3.34. The SMILES string of the molecule is COCCCOc1cc(C(=O)N(C[C@H]2CNC[C@@H]2NS(=O)(=O)c2cccc(OC)c2)C(C)C)ccc1OC. The van der Waals surface area contributed by atoms with Gasteiger partial charge in [0.1, 0.15) is 5.75 Å². The normalized spacial score (nSPS) is 17.4. The van der Waals surface area contributed by atoms with Gasteiger partial charge in [0.05, 0.1) is 25.7 Å². The summed E-state index contributed by atoms with van der Waals surface area (Å²) in [5.41, 5.74) is 0.473. The lowest BCUT2D eigenvalue weighted by Crippen LogP contribution is -2.47. The van der Waals surface area contributed by atoms with Crippen LogP contribution < -0.4 is 24.2 Å². The zero-order valence-corrected chi connectivity index (χ0v) is 23.5. The van der Waals surface area contributed by atoms with Gasteiger partial charge >= 0.3 is 0 Å². The van der Waals surface area contributed by atoms with Crippen molar-refractivity contribution in [2.45, 2.75) is 37.2 Å². The van der Waals surface area contributed by atoms with Gasteiger partial charge in [-0.15, -0.1) is 0 Å². The summed E-state index contributed by atoms with van der Waals surface area (Å²) in [6.07, 6.45) is 0.706. The quantitative estimate of drug-likeness (QED) is 0.346. The highest BCUT2D eigenvalue weighted by Gasteiger charge is 2.34. The smallest absolute Gasteiger partial charge is 0.254 e. The second-order valence-corrected chi connectivity index (χ2v) is 11.2. The maximum absolute atomic E-state index is 13.6. The lowest BCUT2D eigenvalue weighted by Gasteiger charge is -2.32. The molecule has 0 spiro atoms. The van der Waals surface area contributed by atoms with Gasteiger partial charge in [-0.2, -0.15) is 0 Å². The molecule has 0 saturated carbocycles. The number of methoxy groups -OCH3 is 3. The lowest BCUT2D eigenvalue weighted by molar-refractivity contribution is 0.0671. The number of ether oxygens (including phenoxy) is 4. The molecule has 2 atom stereocenters. The van der Waals surface area contributed by atoms with Gasteiger partial charge in [-0.05, 0) is 44.2 Å². The van der Waals surface area contributed by atoms with Crippen molar-refractivity contribution >= 4 is 15.9 Å². The predicted molar refractivity (Wildman–Crippen MR) is 145 cm³/mol. The Balaban J connectivity index is 1.75. The van der Waals surface area contributed by atoms with E-state index in [1.54, 1.807) is 49.5 Å². The van der Waals surface area contributed by atoms with Gasteiger partial charge in [0.25, 0.3) is 5.91 Å². The number of amides is 1. The summed E-state index contributed by atoms with van der Waals surface area (Å²) < 4.78 is 50.5. The van der Waals surface area contributed by atoms with Crippen LogP contribution in [0.3, 0.4) is 0 Å². The third kappa shape index (κ3) is 7.59. The molecular weight excluding hydrogens is 510 g/mol. The molecule has 1 aliphatic heterocycles. The van der Waals surface area contributed by atoms with Crippen molar-refractivity contribution in [3.63, 3.8) is 0 Å². The van der Waals surface area contributed by atoms with E-state index in [9.17, 15) is 13.2 Å². The first-order valence-electron chi connectivity index (χ1n) is 12.7. The topological polar surface area (TPSA) is 115 Å². The third-order valence-corrected chi connectivity index (χ3v) is 7.96. The number of hydrogen-bond acceptors (Lipinski definition) is 8. The molecule has 3 rings (SSSR count). The van der Waals surface area contributed by atoms with Crippen molar-refractivity contribution in [3.05, 3.63) is 48.0 Å². The number of nitrogens with one attached hydrogen (secondary N) is 2. The highest BCUT2D eigenvalue weighted by Crippen LogP contribution is 2.29. The summed E-state index contributed by atoms with van der Waals surface area (Å²) >= 11 is 0. The number of hydrogen-bond donors (Lipinski definition) is 2. The molecule has 1 fully saturated rings. The fraction of sp³-hybridized carbons (Fsp3) is 0.519. The molecule has 0 bridgehead atoms. The summed E-state index contributed by atoms with van der Waals surface area (Å²) in [6, 6.07) is 11.0. The Hall–Kier alpha value is -2.86. The zero-order chi connectivity index (χ0) is 27.7. The Kier molecular flexibility index (Phi) is 10.8. The van der Waals surface area contributed by atoms with Crippen molar-refractivity contribution in [1.29, 1.82) is 0 Å². The number of nitrogens with zero attached hydrogens (tertiary/aromatic N) is 1. The van der Waals surface area contributed by atoms with E-state index in [4.69, 9.17) is 18.9 Å². The monoisotopic (exact) mass is 549 g/mol. The second-order valence-electron chi connectivity index (χ2n) is 9.44. The van der Waals surface area contributed by atoms with Gasteiger partial charge in [0, 0.05) is 69.4 Å². The van der Waals surface area contributed by atoms with E-state index in [1.807, 2.05) is 13.8 Å². The highest BCUT2D eigenvalue weighted by atomic mass is 32.2. The summed E-state index contributed by atoms with van der Waals surface area (Å²) in [5.74, 6) is 1.22. The molecule has 1 heterocycles. The van der Waals surface area contributed by atoms with E-state index in [-0.39, 0.29) is 28.8 Å². The largest absolute Gasteiger partial charge is 0.497 e. The van der Waals surface area contributed by atoms with E-state index in [2.05, 4.69) is 10.0 Å². The van der Waals surface area contributed by atoms with Crippen LogP contribution in [0.1, 0.15) is 30.6 Å². The fourth-order valence-electron chi connectivity index (χ4n) is 4.35. The minimum absolute atomic E-state index is 0.105. The van der Waals surface area contributed by atoms with Crippen LogP contribution in [-0.4, -0.2) is 85.5 Å². The van der Waals surface area contributed by atoms with Crippen LogP contribution in [0.25, 0.3) is 0 Å². The Morgan fingerprint density at radius 3 is 2.53 bits per heavy atom. The molecule has 2 aromatic rings. The summed E-state index contributed by atoms with van der Waals surface area (Å²) in [6.45, 7) is 6.32. The lowest BCUT2D eigenvalue weighted by atomic mass is 10.0. The minimum atomic E-state index is -3.78. The molecule has 0 radical (unpaired) electrons. The number of rotatable bonds is 14. The van der Waals surface area contributed by atoms with Crippen LogP contribution in [-0.2, 0) is 14.8 Å². The Morgan fingerprint density at radius 2 is 1.84 bits per heavy atom. The van der Waals surface area contributed by atoms with Crippen molar-refractivity contribution in [3.8, 4) is 17.2 Å². The molecule has 11 heteroatoms. The van der Waals surface area contributed by atoms with Crippen molar-refractivity contribution in [2.24, 2.45) is 5.92 Å². The Morgan fingerprint density at radius 1 is 1.05 bits per heavy atom. The third-order valence-electron chi connectivity index (χ3n) is 6.47. The highest BCUT2D eigenvalue weighted by molar-refractivity contribution is 7.89. The Bertz CT molecular complexity index is 1170. The van der Waals surface area contributed by atoms with Gasteiger partial charge in [-0.25, -0.2) is 13.1 Å². The molecule has 2 aromatic carbocycles. The van der Waals surface area contributed by atoms with E-state index in [0.29, 0.717) is 62.1 Å². The number of benzene rings is 2. The van der Waals surface area contributed by atoms with Gasteiger partial charge in [0.2, 0.25) is 10.0 Å². The molecular formula is C27H39N3O7S. The summed E-state index contributed by atoms with van der Waals surface area (Å²) in [7, 11) is 0.904. The van der Waals surface area contributed by atoms with Crippen LogP contribution in [0.2, 0.25) is 0 Å². The van der Waals surface area contributed by atoms with Crippen molar-refractivity contribution < 1.29 is 32.2 Å². The minimum Gasteiger partial charge on any atom is -0.497 e. The van der Waals surface area contributed by atoms with Crippen molar-refractivity contribution in [2.75, 3.05) is 54.2 Å². The van der Waals surface area contributed by atoms with Gasteiger partial charge in [0.15, 0.2) is 11.5 Å². The van der Waals surface area contributed by atoms with Crippen LogP contribution in [0.4, 0.5) is 0 Å². The average molecular weight is 550 g/mol. The van der Waals surface area contributed by atoms with Crippen molar-refractivity contribution in [1.82, 2.24) is 14.9 Å².